The van der Waals surface area contributed by atoms with E-state index in [4.69, 9.17) is 0 Å². The lowest BCUT2D eigenvalue weighted by Crippen LogP contribution is -2.41. The molecule has 3 heterocycles. The Labute approximate surface area is 142 Å². The summed E-state index contributed by atoms with van der Waals surface area (Å²) in [4.78, 5) is 25.8. The third-order valence-electron chi connectivity index (χ3n) is 4.33. The molecule has 0 aromatic carbocycles. The van der Waals surface area contributed by atoms with Gasteiger partial charge in [-0.3, -0.25) is 9.48 Å². The van der Waals surface area contributed by atoms with Crippen LogP contribution >= 0.6 is 0 Å². The first kappa shape index (κ1) is 16.4. The molecule has 0 radical (unpaired) electrons. The predicted octanol–water partition coefficient (Wildman–Crippen LogP) is 1.27. The van der Waals surface area contributed by atoms with Crippen LogP contribution < -0.4 is 4.90 Å². The maximum atomic E-state index is 12.8. The molecule has 2 aromatic heterocycles. The number of anilines is 1. The van der Waals surface area contributed by atoms with Crippen molar-refractivity contribution in [3.05, 3.63) is 35.5 Å². The second-order valence-electron chi connectivity index (χ2n) is 6.55. The average molecular weight is 328 g/mol. The van der Waals surface area contributed by atoms with Crippen LogP contribution in [0.25, 0.3) is 0 Å². The molecule has 3 rings (SSSR count). The van der Waals surface area contributed by atoms with E-state index < -0.39 is 0 Å². The van der Waals surface area contributed by atoms with Gasteiger partial charge in [0.2, 0.25) is 5.91 Å². The number of nitrogens with zero attached hydrogens (tertiary/aromatic N) is 6. The van der Waals surface area contributed by atoms with Crippen LogP contribution in [0.15, 0.2) is 18.5 Å². The second-order valence-corrected chi connectivity index (χ2v) is 6.55. The Kier molecular flexibility index (Phi) is 4.51. The molecule has 0 spiro atoms. The number of hydrogen-bond donors (Lipinski definition) is 0. The number of carbonyl (C=O) groups is 1. The molecule has 1 amide bonds. The van der Waals surface area contributed by atoms with Gasteiger partial charge in [0.05, 0.1) is 24.7 Å². The summed E-state index contributed by atoms with van der Waals surface area (Å²) in [7, 11) is 3.98. The Morgan fingerprint density at radius 1 is 1.38 bits per heavy atom. The zero-order valence-corrected chi connectivity index (χ0v) is 14.7. The topological polar surface area (TPSA) is 67.2 Å². The average Bonchev–Trinajstić information content (AvgIpc) is 3.05. The lowest BCUT2D eigenvalue weighted by atomic mass is 10.0. The fraction of sp³-hybridized carbons (Fsp3) is 0.529. The molecule has 0 unspecified atom stereocenters. The minimum atomic E-state index is -0.109. The van der Waals surface area contributed by atoms with Crippen LogP contribution in [0.4, 0.5) is 5.82 Å². The minimum absolute atomic E-state index is 0.109. The van der Waals surface area contributed by atoms with Crippen LogP contribution in [0.3, 0.4) is 0 Å². The molecule has 0 saturated carbocycles. The van der Waals surface area contributed by atoms with Gasteiger partial charge in [0, 0.05) is 38.6 Å². The smallest absolute Gasteiger partial charge is 0.227 e. The Balaban J connectivity index is 1.76. The largest absolute Gasteiger partial charge is 0.362 e. The highest BCUT2D eigenvalue weighted by atomic mass is 16.2. The summed E-state index contributed by atoms with van der Waals surface area (Å²) in [6.45, 7) is 5.72. The fourth-order valence-corrected chi connectivity index (χ4v) is 3.17. The second kappa shape index (κ2) is 6.59. The lowest BCUT2D eigenvalue weighted by molar-refractivity contribution is -0.136. The summed E-state index contributed by atoms with van der Waals surface area (Å²) in [6, 6.07) is 1.87. The summed E-state index contributed by atoms with van der Waals surface area (Å²) in [5, 5.41) is 4.18. The number of aromatic nitrogens is 4. The van der Waals surface area contributed by atoms with Crippen molar-refractivity contribution < 1.29 is 4.79 Å². The highest BCUT2D eigenvalue weighted by Crippen LogP contribution is 2.26. The summed E-state index contributed by atoms with van der Waals surface area (Å²) < 4.78 is 1.80. The van der Waals surface area contributed by atoms with Gasteiger partial charge in [-0.25, -0.2) is 9.97 Å². The molecule has 1 atom stereocenters. The van der Waals surface area contributed by atoms with E-state index in [1.807, 2.05) is 50.0 Å². The van der Waals surface area contributed by atoms with Crippen molar-refractivity contribution in [2.24, 2.45) is 5.92 Å². The maximum Gasteiger partial charge on any atom is 0.227 e. The third kappa shape index (κ3) is 3.25. The zero-order chi connectivity index (χ0) is 17.3. The van der Waals surface area contributed by atoms with Crippen molar-refractivity contribution in [1.29, 1.82) is 0 Å². The van der Waals surface area contributed by atoms with Crippen LogP contribution in [-0.4, -0.2) is 51.2 Å². The monoisotopic (exact) mass is 328 g/mol. The van der Waals surface area contributed by atoms with E-state index in [-0.39, 0.29) is 11.8 Å². The number of rotatable bonds is 4. The maximum absolute atomic E-state index is 12.8. The molecule has 0 fully saturated rings. The fourth-order valence-electron chi connectivity index (χ4n) is 3.17. The molecule has 0 aliphatic carbocycles. The molecule has 128 valence electrons. The molecular weight excluding hydrogens is 304 g/mol. The van der Waals surface area contributed by atoms with Gasteiger partial charge in [0.15, 0.2) is 0 Å². The SMILES string of the molecule is Cc1nc2c(c(N(C)C)n1)CCN(C(=O)[C@H](C)Cn1cccn1)C2. The van der Waals surface area contributed by atoms with Crippen LogP contribution in [0.2, 0.25) is 0 Å². The van der Waals surface area contributed by atoms with Crippen molar-refractivity contribution in [2.75, 3.05) is 25.5 Å². The molecule has 2 aromatic rings. The van der Waals surface area contributed by atoms with E-state index in [0.29, 0.717) is 19.6 Å². The summed E-state index contributed by atoms with van der Waals surface area (Å²) >= 11 is 0. The Bertz CT molecular complexity index is 725. The van der Waals surface area contributed by atoms with Gasteiger partial charge in [-0.2, -0.15) is 5.10 Å². The molecule has 0 N–H and O–H groups in total. The van der Waals surface area contributed by atoms with Gasteiger partial charge >= 0.3 is 0 Å². The molecule has 0 bridgehead atoms. The van der Waals surface area contributed by atoms with Crippen LogP contribution in [-0.2, 0) is 24.3 Å². The van der Waals surface area contributed by atoms with E-state index in [1.165, 1.54) is 0 Å². The summed E-state index contributed by atoms with van der Waals surface area (Å²) in [6.07, 6.45) is 4.41. The van der Waals surface area contributed by atoms with Gasteiger partial charge in [-0.1, -0.05) is 6.92 Å². The van der Waals surface area contributed by atoms with Crippen molar-refractivity contribution in [3.8, 4) is 0 Å². The van der Waals surface area contributed by atoms with Crippen molar-refractivity contribution >= 4 is 11.7 Å². The standard InChI is InChI=1S/C17H24N6O/c1-12(10-23-8-5-7-18-23)17(24)22-9-6-14-15(11-22)19-13(2)20-16(14)21(3)4/h5,7-8,12H,6,9-11H2,1-4H3/t12-/m1/s1. The molecular formula is C17H24N6O. The quantitative estimate of drug-likeness (QED) is 0.845. The van der Waals surface area contributed by atoms with E-state index in [2.05, 4.69) is 15.1 Å². The van der Waals surface area contributed by atoms with Crippen LogP contribution in [0.1, 0.15) is 24.0 Å². The van der Waals surface area contributed by atoms with E-state index in [0.717, 1.165) is 29.3 Å². The van der Waals surface area contributed by atoms with Gasteiger partial charge < -0.3 is 9.80 Å². The summed E-state index contributed by atoms with van der Waals surface area (Å²) in [5.41, 5.74) is 2.13. The van der Waals surface area contributed by atoms with E-state index in [9.17, 15) is 4.79 Å². The molecule has 7 nitrogen and oxygen atoms in total. The third-order valence-corrected chi connectivity index (χ3v) is 4.33. The van der Waals surface area contributed by atoms with Crippen molar-refractivity contribution in [3.63, 3.8) is 0 Å². The number of hydrogen-bond acceptors (Lipinski definition) is 5. The lowest BCUT2D eigenvalue weighted by Gasteiger charge is -2.32. The number of aryl methyl sites for hydroxylation is 1. The van der Waals surface area contributed by atoms with E-state index in [1.54, 1.807) is 10.9 Å². The Morgan fingerprint density at radius 3 is 2.83 bits per heavy atom. The first-order chi connectivity index (χ1) is 11.5. The predicted molar refractivity (Wildman–Crippen MR) is 91.6 cm³/mol. The van der Waals surface area contributed by atoms with Crippen molar-refractivity contribution in [1.82, 2.24) is 24.6 Å². The highest BCUT2D eigenvalue weighted by Gasteiger charge is 2.28. The van der Waals surface area contributed by atoms with Gasteiger partial charge in [0.1, 0.15) is 11.6 Å². The molecule has 0 saturated heterocycles. The Morgan fingerprint density at radius 2 is 2.17 bits per heavy atom. The van der Waals surface area contributed by atoms with Crippen LogP contribution in [0.5, 0.6) is 0 Å². The van der Waals surface area contributed by atoms with Gasteiger partial charge in [-0.15, -0.1) is 0 Å². The Hall–Kier alpha value is -2.44. The van der Waals surface area contributed by atoms with Gasteiger partial charge in [0.25, 0.3) is 0 Å². The number of carbonyl (C=O) groups excluding carboxylic acids is 1. The van der Waals surface area contributed by atoms with Crippen molar-refractivity contribution in [2.45, 2.75) is 33.4 Å². The molecule has 1 aliphatic heterocycles. The zero-order valence-electron chi connectivity index (χ0n) is 14.7. The van der Waals surface area contributed by atoms with Crippen LogP contribution in [0, 0.1) is 12.8 Å². The number of amides is 1. The molecule has 24 heavy (non-hydrogen) atoms. The normalized spacial score (nSPS) is 15.1. The van der Waals surface area contributed by atoms with Gasteiger partial charge in [-0.05, 0) is 19.4 Å². The number of fused-ring (bicyclic) bond motifs is 1. The highest BCUT2D eigenvalue weighted by molar-refractivity contribution is 5.78. The molecule has 1 aliphatic rings. The first-order valence-electron chi connectivity index (χ1n) is 8.25. The first-order valence-corrected chi connectivity index (χ1v) is 8.25. The summed E-state index contributed by atoms with van der Waals surface area (Å²) in [5.74, 6) is 1.76. The molecule has 7 heteroatoms. The van der Waals surface area contributed by atoms with E-state index >= 15 is 0 Å². The minimum Gasteiger partial charge on any atom is -0.362 e.